The van der Waals surface area contributed by atoms with Crippen molar-refractivity contribution in [3.63, 3.8) is 0 Å². The molecule has 2 bridgehead atoms. The molecule has 0 aromatic carbocycles. The van der Waals surface area contributed by atoms with Gasteiger partial charge in [0.25, 0.3) is 0 Å². The average Bonchev–Trinajstić information content (AvgIpc) is 3.03. The lowest BCUT2D eigenvalue weighted by Gasteiger charge is -2.21. The highest BCUT2D eigenvalue weighted by Gasteiger charge is 2.40. The molecule has 3 heteroatoms. The number of carbonyl (C=O) groups is 1. The van der Waals surface area contributed by atoms with E-state index in [2.05, 4.69) is 5.32 Å². The van der Waals surface area contributed by atoms with Crippen LogP contribution in [0.2, 0.25) is 0 Å². The molecule has 17 heavy (non-hydrogen) atoms. The van der Waals surface area contributed by atoms with Gasteiger partial charge in [-0.25, -0.2) is 0 Å². The van der Waals surface area contributed by atoms with Crippen LogP contribution in [0.25, 0.3) is 0 Å². The first-order valence-electron chi connectivity index (χ1n) is 7.19. The van der Waals surface area contributed by atoms with Crippen molar-refractivity contribution in [1.82, 2.24) is 5.32 Å². The van der Waals surface area contributed by atoms with Gasteiger partial charge in [-0.2, -0.15) is 0 Å². The lowest BCUT2D eigenvalue weighted by molar-refractivity contribution is -0.122. The first kappa shape index (κ1) is 11.5. The zero-order valence-corrected chi connectivity index (χ0v) is 10.5. The number of hydrogen-bond donors (Lipinski definition) is 1. The molecule has 4 unspecified atom stereocenters. The second-order valence-corrected chi connectivity index (χ2v) is 6.08. The molecule has 1 amide bonds. The number of ether oxygens (including phenoxy) is 1. The van der Waals surface area contributed by atoms with E-state index >= 15 is 0 Å². The summed E-state index contributed by atoms with van der Waals surface area (Å²) in [6.45, 7) is 1.59. The maximum atomic E-state index is 11.9. The van der Waals surface area contributed by atoms with Crippen LogP contribution in [0, 0.1) is 17.8 Å². The molecule has 0 spiro atoms. The van der Waals surface area contributed by atoms with Crippen molar-refractivity contribution >= 4 is 5.91 Å². The van der Waals surface area contributed by atoms with Crippen LogP contribution >= 0.6 is 0 Å². The van der Waals surface area contributed by atoms with Gasteiger partial charge in [0.15, 0.2) is 0 Å². The largest absolute Gasteiger partial charge is 0.376 e. The van der Waals surface area contributed by atoms with E-state index in [1.54, 1.807) is 0 Å². The number of hydrogen-bond acceptors (Lipinski definition) is 2. The van der Waals surface area contributed by atoms with Gasteiger partial charge in [0.05, 0.1) is 6.10 Å². The summed E-state index contributed by atoms with van der Waals surface area (Å²) in [5.41, 5.74) is 0. The minimum atomic E-state index is 0.248. The first-order valence-corrected chi connectivity index (χ1v) is 7.19. The second-order valence-electron chi connectivity index (χ2n) is 6.08. The van der Waals surface area contributed by atoms with Crippen LogP contribution in [-0.2, 0) is 9.53 Å². The Morgan fingerprint density at radius 1 is 1.24 bits per heavy atom. The summed E-state index contributed by atoms with van der Waals surface area (Å²) in [6.07, 6.45) is 8.77. The van der Waals surface area contributed by atoms with E-state index in [9.17, 15) is 4.79 Å². The quantitative estimate of drug-likeness (QED) is 0.813. The lowest BCUT2D eigenvalue weighted by Crippen LogP contribution is -2.33. The molecule has 1 aliphatic heterocycles. The standard InChI is InChI=1S/C14H23NO2/c16-14(15-9-13-2-1-5-17-13)8-12-7-10-3-4-11(12)6-10/h10-13H,1-9H2,(H,15,16). The summed E-state index contributed by atoms with van der Waals surface area (Å²) < 4.78 is 5.51. The Morgan fingerprint density at radius 3 is 2.82 bits per heavy atom. The number of fused-ring (bicyclic) bond motifs is 2. The van der Waals surface area contributed by atoms with Crippen LogP contribution in [0.1, 0.15) is 44.9 Å². The number of rotatable bonds is 4. The summed E-state index contributed by atoms with van der Waals surface area (Å²) in [5, 5.41) is 3.05. The maximum Gasteiger partial charge on any atom is 0.220 e. The van der Waals surface area contributed by atoms with Crippen molar-refractivity contribution in [2.75, 3.05) is 13.2 Å². The van der Waals surface area contributed by atoms with Gasteiger partial charge in [-0.15, -0.1) is 0 Å². The Kier molecular flexibility index (Phi) is 3.37. The molecule has 2 saturated carbocycles. The highest BCUT2D eigenvalue weighted by atomic mass is 16.5. The fraction of sp³-hybridized carbons (Fsp3) is 0.929. The second kappa shape index (κ2) is 4.97. The van der Waals surface area contributed by atoms with E-state index in [0.29, 0.717) is 5.92 Å². The van der Waals surface area contributed by atoms with E-state index in [0.717, 1.165) is 44.2 Å². The number of carbonyl (C=O) groups excluding carboxylic acids is 1. The van der Waals surface area contributed by atoms with Gasteiger partial charge in [0.2, 0.25) is 5.91 Å². The Balaban J connectivity index is 1.38. The molecule has 1 N–H and O–H groups in total. The summed E-state index contributed by atoms with van der Waals surface area (Å²) in [6, 6.07) is 0. The maximum absolute atomic E-state index is 11.9. The van der Waals surface area contributed by atoms with Gasteiger partial charge in [-0.3, -0.25) is 4.79 Å². The fourth-order valence-corrected chi connectivity index (χ4v) is 3.97. The Bertz CT molecular complexity index is 286. The van der Waals surface area contributed by atoms with Crippen molar-refractivity contribution in [1.29, 1.82) is 0 Å². The molecule has 4 atom stereocenters. The van der Waals surface area contributed by atoms with Crippen LogP contribution in [0.15, 0.2) is 0 Å². The van der Waals surface area contributed by atoms with Crippen molar-refractivity contribution in [3.05, 3.63) is 0 Å². The molecule has 3 rings (SSSR count). The number of amides is 1. The monoisotopic (exact) mass is 237 g/mol. The van der Waals surface area contributed by atoms with E-state index in [1.165, 1.54) is 25.7 Å². The van der Waals surface area contributed by atoms with E-state index in [1.807, 2.05) is 0 Å². The molecular weight excluding hydrogens is 214 g/mol. The third-order valence-electron chi connectivity index (χ3n) is 4.88. The Hall–Kier alpha value is -0.570. The fourth-order valence-electron chi connectivity index (χ4n) is 3.97. The Morgan fingerprint density at radius 2 is 2.18 bits per heavy atom. The van der Waals surface area contributed by atoms with Crippen LogP contribution in [0.3, 0.4) is 0 Å². The summed E-state index contributed by atoms with van der Waals surface area (Å²) in [4.78, 5) is 11.9. The molecule has 0 aromatic heterocycles. The zero-order chi connectivity index (χ0) is 11.7. The minimum absolute atomic E-state index is 0.248. The molecule has 96 valence electrons. The highest BCUT2D eigenvalue weighted by Crippen LogP contribution is 2.49. The smallest absolute Gasteiger partial charge is 0.220 e. The Labute approximate surface area is 103 Å². The molecule has 1 heterocycles. The van der Waals surface area contributed by atoms with Crippen LogP contribution < -0.4 is 5.32 Å². The molecular formula is C14H23NO2. The first-order chi connectivity index (χ1) is 8.31. The number of nitrogens with one attached hydrogen (secondary N) is 1. The van der Waals surface area contributed by atoms with Gasteiger partial charge in [-0.1, -0.05) is 6.42 Å². The zero-order valence-electron chi connectivity index (χ0n) is 10.5. The summed E-state index contributed by atoms with van der Waals surface area (Å²) in [5.74, 6) is 2.72. The van der Waals surface area contributed by atoms with E-state index in [4.69, 9.17) is 4.74 Å². The van der Waals surface area contributed by atoms with Gasteiger partial charge < -0.3 is 10.1 Å². The minimum Gasteiger partial charge on any atom is -0.376 e. The van der Waals surface area contributed by atoms with Gasteiger partial charge >= 0.3 is 0 Å². The van der Waals surface area contributed by atoms with Gasteiger partial charge in [0.1, 0.15) is 0 Å². The molecule has 3 fully saturated rings. The van der Waals surface area contributed by atoms with Crippen LogP contribution in [0.4, 0.5) is 0 Å². The van der Waals surface area contributed by atoms with Crippen molar-refractivity contribution in [3.8, 4) is 0 Å². The molecule has 0 aromatic rings. The summed E-state index contributed by atoms with van der Waals surface area (Å²) in [7, 11) is 0. The third kappa shape index (κ3) is 2.65. The average molecular weight is 237 g/mol. The SMILES string of the molecule is O=C(CC1CC2CCC1C2)NCC1CCCO1. The van der Waals surface area contributed by atoms with E-state index in [-0.39, 0.29) is 12.0 Å². The summed E-state index contributed by atoms with van der Waals surface area (Å²) >= 11 is 0. The molecule has 1 saturated heterocycles. The van der Waals surface area contributed by atoms with Crippen molar-refractivity contribution < 1.29 is 9.53 Å². The molecule has 0 radical (unpaired) electrons. The highest BCUT2D eigenvalue weighted by molar-refractivity contribution is 5.76. The van der Waals surface area contributed by atoms with Gasteiger partial charge in [0, 0.05) is 19.6 Å². The van der Waals surface area contributed by atoms with E-state index < -0.39 is 0 Å². The normalized spacial score (nSPS) is 39.8. The van der Waals surface area contributed by atoms with Crippen LogP contribution in [-0.4, -0.2) is 25.2 Å². The lowest BCUT2D eigenvalue weighted by atomic mass is 9.86. The van der Waals surface area contributed by atoms with Crippen LogP contribution in [0.5, 0.6) is 0 Å². The predicted octanol–water partition coefficient (Wildman–Crippen LogP) is 2.11. The predicted molar refractivity (Wildman–Crippen MR) is 65.5 cm³/mol. The van der Waals surface area contributed by atoms with Gasteiger partial charge in [-0.05, 0) is 49.9 Å². The molecule has 2 aliphatic carbocycles. The van der Waals surface area contributed by atoms with Crippen molar-refractivity contribution in [2.45, 2.75) is 51.0 Å². The third-order valence-corrected chi connectivity index (χ3v) is 4.88. The van der Waals surface area contributed by atoms with Crippen molar-refractivity contribution in [2.24, 2.45) is 17.8 Å². The topological polar surface area (TPSA) is 38.3 Å². The molecule has 3 aliphatic rings. The molecule has 3 nitrogen and oxygen atoms in total.